The minimum atomic E-state index is 0. The fourth-order valence-electron chi connectivity index (χ4n) is 3.71. The van der Waals surface area contributed by atoms with Crippen LogP contribution < -0.4 is 15.5 Å². The van der Waals surface area contributed by atoms with Gasteiger partial charge in [0.05, 0.1) is 0 Å². The Labute approximate surface area is 206 Å². The minimum absolute atomic E-state index is 0. The van der Waals surface area contributed by atoms with Gasteiger partial charge in [-0.3, -0.25) is 9.89 Å². The molecule has 2 rings (SSSR count). The first kappa shape index (κ1) is 27.9. The molecule has 1 aliphatic rings. The van der Waals surface area contributed by atoms with Crippen LogP contribution in [0.15, 0.2) is 35.3 Å². The number of hydrogen-bond donors (Lipinski definition) is 2. The van der Waals surface area contributed by atoms with Crippen LogP contribution in [0.3, 0.4) is 0 Å². The van der Waals surface area contributed by atoms with Gasteiger partial charge in [-0.05, 0) is 45.0 Å². The molecule has 2 N–H and O–H groups in total. The molecule has 31 heavy (non-hydrogen) atoms. The van der Waals surface area contributed by atoms with Crippen LogP contribution in [0.1, 0.15) is 19.3 Å². The molecule has 1 aromatic carbocycles. The van der Waals surface area contributed by atoms with Gasteiger partial charge in [-0.2, -0.15) is 0 Å². The van der Waals surface area contributed by atoms with Crippen LogP contribution in [0.25, 0.3) is 0 Å². The van der Waals surface area contributed by atoms with Crippen molar-refractivity contribution in [2.24, 2.45) is 4.99 Å². The third kappa shape index (κ3) is 11.9. The van der Waals surface area contributed by atoms with Gasteiger partial charge in [-0.15, -0.1) is 24.0 Å². The smallest absolute Gasteiger partial charge is 0.191 e. The largest absolute Gasteiger partial charge is 0.385 e. The standard InChI is InChI=1S/C23H42N6O.HI/c1-24-23(26-13-16-27(2)14-9-21-30-3)25-12-7-8-15-28-17-19-29(20-18-28)22-10-5-4-6-11-22;/h4-6,10-11H,7-9,12-21H2,1-3H3,(H2,24,25,26);1H. The first-order chi connectivity index (χ1) is 14.7. The number of hydrogen-bond acceptors (Lipinski definition) is 5. The number of benzene rings is 1. The lowest BCUT2D eigenvalue weighted by molar-refractivity contribution is 0.180. The average molecular weight is 547 g/mol. The second-order valence-electron chi connectivity index (χ2n) is 7.95. The molecule has 0 spiro atoms. The summed E-state index contributed by atoms with van der Waals surface area (Å²) in [6.07, 6.45) is 3.45. The van der Waals surface area contributed by atoms with Gasteiger partial charge in [0.2, 0.25) is 0 Å². The molecule has 1 aromatic rings. The number of rotatable bonds is 13. The summed E-state index contributed by atoms with van der Waals surface area (Å²) in [5, 5.41) is 6.84. The molecule has 0 saturated carbocycles. The fraction of sp³-hybridized carbons (Fsp3) is 0.696. The molecular weight excluding hydrogens is 503 g/mol. The predicted octanol–water partition coefficient (Wildman–Crippen LogP) is 2.34. The van der Waals surface area contributed by atoms with Crippen molar-refractivity contribution in [3.8, 4) is 0 Å². The zero-order valence-corrected chi connectivity index (χ0v) is 22.0. The van der Waals surface area contributed by atoms with Crippen molar-refractivity contribution in [3.05, 3.63) is 30.3 Å². The van der Waals surface area contributed by atoms with Crippen LogP contribution in [-0.4, -0.2) is 102 Å². The Morgan fingerprint density at radius 3 is 2.39 bits per heavy atom. The van der Waals surface area contributed by atoms with E-state index in [0.29, 0.717) is 0 Å². The normalized spacial score (nSPS) is 15.1. The predicted molar refractivity (Wildman–Crippen MR) is 143 cm³/mol. The van der Waals surface area contributed by atoms with E-state index in [1.54, 1.807) is 7.11 Å². The quantitative estimate of drug-likeness (QED) is 0.172. The van der Waals surface area contributed by atoms with E-state index in [1.165, 1.54) is 18.7 Å². The lowest BCUT2D eigenvalue weighted by Crippen LogP contribution is -2.46. The van der Waals surface area contributed by atoms with Gasteiger partial charge in [0.15, 0.2) is 5.96 Å². The molecule has 0 atom stereocenters. The Morgan fingerprint density at radius 2 is 1.71 bits per heavy atom. The summed E-state index contributed by atoms with van der Waals surface area (Å²) in [5.74, 6) is 0.900. The molecule has 8 heteroatoms. The number of nitrogens with one attached hydrogen (secondary N) is 2. The first-order valence-electron chi connectivity index (χ1n) is 11.4. The summed E-state index contributed by atoms with van der Waals surface area (Å²) in [5.41, 5.74) is 1.35. The van der Waals surface area contributed by atoms with Gasteiger partial charge in [0.25, 0.3) is 0 Å². The lowest BCUT2D eigenvalue weighted by atomic mass is 10.2. The molecular formula is C23H43IN6O. The summed E-state index contributed by atoms with van der Waals surface area (Å²) in [7, 11) is 5.74. The van der Waals surface area contributed by atoms with E-state index in [2.05, 4.69) is 67.7 Å². The highest BCUT2D eigenvalue weighted by Crippen LogP contribution is 2.15. The summed E-state index contributed by atoms with van der Waals surface area (Å²) in [6, 6.07) is 10.8. The fourth-order valence-corrected chi connectivity index (χ4v) is 3.71. The second kappa shape index (κ2) is 17.5. The molecule has 0 aliphatic carbocycles. The molecule has 1 heterocycles. The van der Waals surface area contributed by atoms with E-state index in [4.69, 9.17) is 4.74 Å². The number of piperazine rings is 1. The molecule has 0 unspecified atom stereocenters. The number of likely N-dealkylation sites (N-methyl/N-ethyl adjacent to an activating group) is 1. The van der Waals surface area contributed by atoms with Crippen molar-refractivity contribution in [2.45, 2.75) is 19.3 Å². The Morgan fingerprint density at radius 1 is 1.00 bits per heavy atom. The third-order valence-corrected chi connectivity index (χ3v) is 5.59. The van der Waals surface area contributed by atoms with E-state index in [0.717, 1.165) is 77.8 Å². The van der Waals surface area contributed by atoms with Crippen LogP contribution in [0.5, 0.6) is 0 Å². The highest BCUT2D eigenvalue weighted by atomic mass is 127. The maximum Gasteiger partial charge on any atom is 0.191 e. The Hall–Kier alpha value is -1.10. The van der Waals surface area contributed by atoms with Gasteiger partial charge < -0.3 is 25.2 Å². The molecule has 0 aromatic heterocycles. The van der Waals surface area contributed by atoms with Crippen molar-refractivity contribution in [2.75, 3.05) is 91.6 Å². The molecule has 1 fully saturated rings. The monoisotopic (exact) mass is 546 g/mol. The van der Waals surface area contributed by atoms with Gasteiger partial charge >= 0.3 is 0 Å². The number of nitrogens with zero attached hydrogens (tertiary/aromatic N) is 4. The number of aliphatic imine (C=N–C) groups is 1. The van der Waals surface area contributed by atoms with Gasteiger partial charge in [-0.1, -0.05) is 18.2 Å². The van der Waals surface area contributed by atoms with Crippen LogP contribution in [-0.2, 0) is 4.74 Å². The average Bonchev–Trinajstić information content (AvgIpc) is 2.79. The summed E-state index contributed by atoms with van der Waals surface area (Å²) in [4.78, 5) is 11.7. The minimum Gasteiger partial charge on any atom is -0.385 e. The molecule has 1 saturated heterocycles. The van der Waals surface area contributed by atoms with Crippen molar-refractivity contribution in [1.29, 1.82) is 0 Å². The summed E-state index contributed by atoms with van der Waals surface area (Å²) < 4.78 is 5.10. The van der Waals surface area contributed by atoms with E-state index in [1.807, 2.05) is 7.05 Å². The van der Waals surface area contributed by atoms with Crippen LogP contribution in [0.4, 0.5) is 5.69 Å². The molecule has 178 valence electrons. The van der Waals surface area contributed by atoms with E-state index in [-0.39, 0.29) is 24.0 Å². The highest BCUT2D eigenvalue weighted by Gasteiger charge is 2.16. The molecule has 0 bridgehead atoms. The topological polar surface area (TPSA) is 55.4 Å². The van der Waals surface area contributed by atoms with Gasteiger partial charge in [0, 0.05) is 78.8 Å². The van der Waals surface area contributed by atoms with Crippen molar-refractivity contribution in [1.82, 2.24) is 20.4 Å². The van der Waals surface area contributed by atoms with E-state index >= 15 is 0 Å². The van der Waals surface area contributed by atoms with Gasteiger partial charge in [0.1, 0.15) is 0 Å². The molecule has 0 amide bonds. The first-order valence-corrected chi connectivity index (χ1v) is 11.4. The number of guanidine groups is 1. The summed E-state index contributed by atoms with van der Waals surface area (Å²) >= 11 is 0. The Balaban J connectivity index is 0.00000480. The number of para-hydroxylation sites is 1. The third-order valence-electron chi connectivity index (χ3n) is 5.59. The van der Waals surface area contributed by atoms with E-state index < -0.39 is 0 Å². The van der Waals surface area contributed by atoms with Crippen molar-refractivity contribution < 1.29 is 4.74 Å². The second-order valence-corrected chi connectivity index (χ2v) is 7.95. The maximum absolute atomic E-state index is 5.10. The zero-order valence-electron chi connectivity index (χ0n) is 19.7. The van der Waals surface area contributed by atoms with E-state index in [9.17, 15) is 0 Å². The number of halogens is 1. The molecule has 0 radical (unpaired) electrons. The van der Waals surface area contributed by atoms with Crippen LogP contribution in [0, 0.1) is 0 Å². The summed E-state index contributed by atoms with van der Waals surface area (Å²) in [6.45, 7) is 10.5. The zero-order chi connectivity index (χ0) is 21.4. The Bertz CT molecular complexity index is 581. The van der Waals surface area contributed by atoms with Crippen LogP contribution >= 0.6 is 24.0 Å². The highest BCUT2D eigenvalue weighted by molar-refractivity contribution is 14.0. The molecule has 7 nitrogen and oxygen atoms in total. The number of ether oxygens (including phenoxy) is 1. The van der Waals surface area contributed by atoms with Gasteiger partial charge in [-0.25, -0.2) is 0 Å². The maximum atomic E-state index is 5.10. The number of anilines is 1. The molecule has 1 aliphatic heterocycles. The Kier molecular flexibility index (Phi) is 15.7. The number of methoxy groups -OCH3 is 1. The van der Waals surface area contributed by atoms with Crippen molar-refractivity contribution in [3.63, 3.8) is 0 Å². The lowest BCUT2D eigenvalue weighted by Gasteiger charge is -2.36. The van der Waals surface area contributed by atoms with Crippen LogP contribution in [0.2, 0.25) is 0 Å². The van der Waals surface area contributed by atoms with Crippen molar-refractivity contribution >= 4 is 35.6 Å². The SMILES string of the molecule is CN=C(NCCCCN1CCN(c2ccccc2)CC1)NCCN(C)CCCOC.I. The number of unbranched alkanes of at least 4 members (excludes halogenated alkanes) is 1.